The van der Waals surface area contributed by atoms with Gasteiger partial charge in [0.1, 0.15) is 17.8 Å². The Labute approximate surface area is 167 Å². The monoisotopic (exact) mass is 406 g/mol. The number of aliphatic carboxylic acids is 1. The fourth-order valence-corrected chi connectivity index (χ4v) is 3.08. The van der Waals surface area contributed by atoms with Crippen molar-refractivity contribution in [2.24, 2.45) is 5.73 Å². The third-order valence-electron chi connectivity index (χ3n) is 4.68. The quantitative estimate of drug-likeness (QED) is 0.289. The van der Waals surface area contributed by atoms with Gasteiger partial charge in [-0.05, 0) is 43.5 Å². The number of aromatic hydroxyl groups is 1. The van der Waals surface area contributed by atoms with Crippen LogP contribution in [-0.2, 0) is 25.6 Å². The van der Waals surface area contributed by atoms with E-state index in [1.54, 1.807) is 12.1 Å². The maximum absolute atomic E-state index is 12.7. The summed E-state index contributed by atoms with van der Waals surface area (Å²) in [4.78, 5) is 47.7. The summed E-state index contributed by atoms with van der Waals surface area (Å²) in [6.45, 7) is 0.698. The van der Waals surface area contributed by atoms with Gasteiger partial charge in [0.05, 0.1) is 6.04 Å². The standard InChI is InChI=1S/C19H26N4O6/c20-16(25)8-7-14(22-17(26)13-2-1-9-21-13)18(27)23-15(19(28)29)10-11-3-5-12(24)6-4-11/h3-6,13-15,21,24H,1-2,7-10H2,(H2,20,25)(H,22,26)(H,23,27)(H,28,29). The Bertz CT molecular complexity index is 746. The summed E-state index contributed by atoms with van der Waals surface area (Å²) in [6, 6.07) is 3.18. The molecule has 29 heavy (non-hydrogen) atoms. The topological polar surface area (TPSA) is 171 Å². The molecule has 1 heterocycles. The zero-order valence-electron chi connectivity index (χ0n) is 15.9. The van der Waals surface area contributed by atoms with E-state index in [9.17, 15) is 29.4 Å². The van der Waals surface area contributed by atoms with Crippen LogP contribution < -0.4 is 21.7 Å². The first kappa shape index (κ1) is 22.2. The highest BCUT2D eigenvalue weighted by Gasteiger charge is 2.30. The lowest BCUT2D eigenvalue weighted by atomic mass is 10.0. The molecule has 1 aliphatic rings. The van der Waals surface area contributed by atoms with Crippen molar-refractivity contribution in [3.05, 3.63) is 29.8 Å². The highest BCUT2D eigenvalue weighted by atomic mass is 16.4. The van der Waals surface area contributed by atoms with E-state index >= 15 is 0 Å². The van der Waals surface area contributed by atoms with Gasteiger partial charge >= 0.3 is 5.97 Å². The van der Waals surface area contributed by atoms with E-state index < -0.39 is 35.9 Å². The smallest absolute Gasteiger partial charge is 0.326 e. The average molecular weight is 406 g/mol. The molecule has 7 N–H and O–H groups in total. The molecule has 1 fully saturated rings. The third-order valence-corrected chi connectivity index (χ3v) is 4.68. The highest BCUT2D eigenvalue weighted by Crippen LogP contribution is 2.12. The Morgan fingerprint density at radius 1 is 1.14 bits per heavy atom. The van der Waals surface area contributed by atoms with Crippen molar-refractivity contribution in [3.63, 3.8) is 0 Å². The van der Waals surface area contributed by atoms with Crippen LogP contribution in [0.3, 0.4) is 0 Å². The number of carbonyl (C=O) groups is 4. The molecule has 1 saturated heterocycles. The van der Waals surface area contributed by atoms with Crippen LogP contribution in [0.5, 0.6) is 5.75 Å². The Balaban J connectivity index is 2.05. The molecule has 3 amide bonds. The molecule has 3 unspecified atom stereocenters. The van der Waals surface area contributed by atoms with E-state index in [0.717, 1.165) is 6.42 Å². The molecule has 10 heteroatoms. The lowest BCUT2D eigenvalue weighted by molar-refractivity contribution is -0.142. The van der Waals surface area contributed by atoms with Gasteiger partial charge in [-0.1, -0.05) is 12.1 Å². The van der Waals surface area contributed by atoms with E-state index in [1.807, 2.05) is 0 Å². The molecular weight excluding hydrogens is 380 g/mol. The summed E-state index contributed by atoms with van der Waals surface area (Å²) in [6.07, 6.45) is 1.29. The molecule has 2 rings (SSSR count). The summed E-state index contributed by atoms with van der Waals surface area (Å²) in [5.74, 6) is -2.92. The average Bonchev–Trinajstić information content (AvgIpc) is 3.20. The SMILES string of the molecule is NC(=O)CCC(NC(=O)C1CCCN1)C(=O)NC(Cc1ccc(O)cc1)C(=O)O. The predicted octanol–water partition coefficient (Wildman–Crippen LogP) is -0.994. The van der Waals surface area contributed by atoms with Crippen molar-refractivity contribution in [2.45, 2.75) is 50.2 Å². The van der Waals surface area contributed by atoms with Crippen molar-refractivity contribution in [3.8, 4) is 5.75 Å². The van der Waals surface area contributed by atoms with E-state index in [2.05, 4.69) is 16.0 Å². The molecule has 10 nitrogen and oxygen atoms in total. The molecule has 3 atom stereocenters. The highest BCUT2D eigenvalue weighted by molar-refractivity contribution is 5.92. The first-order valence-corrected chi connectivity index (χ1v) is 9.39. The second-order valence-electron chi connectivity index (χ2n) is 6.99. The molecule has 0 radical (unpaired) electrons. The van der Waals surface area contributed by atoms with Crippen LogP contribution in [0.2, 0.25) is 0 Å². The zero-order valence-corrected chi connectivity index (χ0v) is 15.9. The molecule has 0 aliphatic carbocycles. The number of benzene rings is 1. The Morgan fingerprint density at radius 2 is 1.83 bits per heavy atom. The number of hydrogen-bond acceptors (Lipinski definition) is 6. The fourth-order valence-electron chi connectivity index (χ4n) is 3.08. The van der Waals surface area contributed by atoms with Crippen LogP contribution in [0.15, 0.2) is 24.3 Å². The number of carboxylic acids is 1. The van der Waals surface area contributed by atoms with Gasteiger partial charge < -0.3 is 31.9 Å². The lowest BCUT2D eigenvalue weighted by Crippen LogP contribution is -2.54. The summed E-state index contributed by atoms with van der Waals surface area (Å²) in [5, 5.41) is 26.8. The number of primary amides is 1. The van der Waals surface area contributed by atoms with Crippen molar-refractivity contribution in [1.29, 1.82) is 0 Å². The third kappa shape index (κ3) is 7.07. The van der Waals surface area contributed by atoms with Gasteiger partial charge in [-0.2, -0.15) is 0 Å². The molecular formula is C19H26N4O6. The number of phenols is 1. The molecule has 158 valence electrons. The number of amides is 3. The van der Waals surface area contributed by atoms with E-state index in [4.69, 9.17) is 5.73 Å². The van der Waals surface area contributed by atoms with Crippen LogP contribution in [0.1, 0.15) is 31.2 Å². The molecule has 1 aliphatic heterocycles. The Morgan fingerprint density at radius 3 is 2.38 bits per heavy atom. The second-order valence-corrected chi connectivity index (χ2v) is 6.99. The van der Waals surface area contributed by atoms with Crippen LogP contribution in [0, 0.1) is 0 Å². The number of hydrogen-bond donors (Lipinski definition) is 6. The number of rotatable bonds is 10. The van der Waals surface area contributed by atoms with Gasteiger partial charge in [-0.15, -0.1) is 0 Å². The van der Waals surface area contributed by atoms with Crippen molar-refractivity contribution in [2.75, 3.05) is 6.54 Å². The van der Waals surface area contributed by atoms with Crippen LogP contribution in [-0.4, -0.2) is 58.6 Å². The van der Waals surface area contributed by atoms with Gasteiger partial charge in [-0.3, -0.25) is 14.4 Å². The minimum Gasteiger partial charge on any atom is -0.508 e. The van der Waals surface area contributed by atoms with Gasteiger partial charge in [-0.25, -0.2) is 4.79 Å². The van der Waals surface area contributed by atoms with Gasteiger partial charge in [0.2, 0.25) is 17.7 Å². The van der Waals surface area contributed by atoms with E-state index in [1.165, 1.54) is 12.1 Å². The van der Waals surface area contributed by atoms with Crippen LogP contribution >= 0.6 is 0 Å². The fraction of sp³-hybridized carbons (Fsp3) is 0.474. The number of carboxylic acid groups (broad SMARTS) is 1. The first-order valence-electron chi connectivity index (χ1n) is 9.39. The summed E-state index contributed by atoms with van der Waals surface area (Å²) < 4.78 is 0. The van der Waals surface area contributed by atoms with Crippen molar-refractivity contribution < 1.29 is 29.4 Å². The minimum atomic E-state index is -1.25. The predicted molar refractivity (Wildman–Crippen MR) is 103 cm³/mol. The maximum atomic E-state index is 12.7. The number of carbonyl (C=O) groups excluding carboxylic acids is 3. The molecule has 0 spiro atoms. The van der Waals surface area contributed by atoms with Crippen molar-refractivity contribution in [1.82, 2.24) is 16.0 Å². The van der Waals surface area contributed by atoms with Gasteiger partial charge in [0, 0.05) is 12.8 Å². The number of phenolic OH excluding ortho intramolecular Hbond substituents is 1. The molecule has 0 saturated carbocycles. The zero-order chi connectivity index (χ0) is 21.4. The van der Waals surface area contributed by atoms with E-state index in [0.29, 0.717) is 18.5 Å². The second kappa shape index (κ2) is 10.4. The minimum absolute atomic E-state index is 0.0119. The molecule has 0 bridgehead atoms. The molecule has 1 aromatic carbocycles. The first-order chi connectivity index (χ1) is 13.8. The number of nitrogens with one attached hydrogen (secondary N) is 3. The normalized spacial score (nSPS) is 17.9. The molecule has 1 aromatic rings. The number of nitrogens with two attached hydrogens (primary N) is 1. The van der Waals surface area contributed by atoms with Crippen LogP contribution in [0.4, 0.5) is 0 Å². The summed E-state index contributed by atoms with van der Waals surface area (Å²) in [7, 11) is 0. The van der Waals surface area contributed by atoms with Crippen molar-refractivity contribution >= 4 is 23.7 Å². The lowest BCUT2D eigenvalue weighted by Gasteiger charge is -2.22. The molecule has 0 aromatic heterocycles. The Kier molecular flexibility index (Phi) is 7.96. The van der Waals surface area contributed by atoms with Crippen LogP contribution in [0.25, 0.3) is 0 Å². The largest absolute Gasteiger partial charge is 0.508 e. The van der Waals surface area contributed by atoms with Gasteiger partial charge in [0.25, 0.3) is 0 Å². The van der Waals surface area contributed by atoms with Gasteiger partial charge in [0.15, 0.2) is 0 Å². The Hall–Kier alpha value is -3.14. The maximum Gasteiger partial charge on any atom is 0.326 e. The summed E-state index contributed by atoms with van der Waals surface area (Å²) in [5.41, 5.74) is 5.75. The summed E-state index contributed by atoms with van der Waals surface area (Å²) >= 11 is 0. The van der Waals surface area contributed by atoms with E-state index in [-0.39, 0.29) is 30.9 Å².